The number of likely N-dealkylation sites (tertiary alicyclic amines) is 1. The first-order chi connectivity index (χ1) is 13.6. The van der Waals surface area contributed by atoms with Gasteiger partial charge in [0.05, 0.1) is 0 Å². The summed E-state index contributed by atoms with van der Waals surface area (Å²) < 4.78 is 1.52. The maximum atomic E-state index is 12.7. The molecule has 0 aromatic carbocycles. The van der Waals surface area contributed by atoms with E-state index in [1.165, 1.54) is 30.3 Å². The maximum Gasteiger partial charge on any atom is 0.248 e. The molecule has 2 saturated carbocycles. The first kappa shape index (κ1) is 19.4. The van der Waals surface area contributed by atoms with Crippen molar-refractivity contribution in [2.45, 2.75) is 70.4 Å². The first-order valence-electron chi connectivity index (χ1n) is 10.8. The minimum atomic E-state index is -0.0135. The number of fused-ring (bicyclic) bond motifs is 2. The molecule has 1 aromatic rings. The standard InChI is InChI=1S/C20H32N6O2/c21-18-14-6-5-7-15(18)11-16(10-14)19(28)23-20-22-13-26(24-20)12-17(27)25-8-3-1-2-4-9-25/h13-16,18H,1-12,21H2,(H,23,24,28). The number of hydrogen-bond acceptors (Lipinski definition) is 5. The van der Waals surface area contributed by atoms with Crippen LogP contribution in [0.3, 0.4) is 0 Å². The van der Waals surface area contributed by atoms with Crippen molar-refractivity contribution in [1.29, 1.82) is 0 Å². The van der Waals surface area contributed by atoms with Crippen LogP contribution in [0.1, 0.15) is 57.8 Å². The molecule has 1 aliphatic heterocycles. The van der Waals surface area contributed by atoms with E-state index in [1.807, 2.05) is 4.90 Å². The highest BCUT2D eigenvalue weighted by atomic mass is 16.2. The molecule has 2 unspecified atom stereocenters. The quantitative estimate of drug-likeness (QED) is 0.818. The average Bonchev–Trinajstić information content (AvgIpc) is 2.91. The maximum absolute atomic E-state index is 12.7. The number of nitrogens with zero attached hydrogens (tertiary/aromatic N) is 4. The Bertz CT molecular complexity index is 683. The summed E-state index contributed by atoms with van der Waals surface area (Å²) >= 11 is 0. The fourth-order valence-corrected chi connectivity index (χ4v) is 5.20. The number of anilines is 1. The molecule has 2 atom stereocenters. The van der Waals surface area contributed by atoms with Crippen molar-refractivity contribution in [2.24, 2.45) is 23.5 Å². The van der Waals surface area contributed by atoms with Crippen LogP contribution in [0.5, 0.6) is 0 Å². The highest BCUT2D eigenvalue weighted by Crippen LogP contribution is 2.42. The number of nitrogens with one attached hydrogen (secondary N) is 1. The lowest BCUT2D eigenvalue weighted by molar-refractivity contribution is -0.132. The molecule has 3 fully saturated rings. The van der Waals surface area contributed by atoms with Gasteiger partial charge in [0.1, 0.15) is 12.9 Å². The third-order valence-corrected chi connectivity index (χ3v) is 6.81. The summed E-state index contributed by atoms with van der Waals surface area (Å²) in [4.78, 5) is 31.3. The second kappa shape index (κ2) is 8.59. The highest BCUT2D eigenvalue weighted by Gasteiger charge is 2.40. The van der Waals surface area contributed by atoms with Gasteiger partial charge in [-0.2, -0.15) is 0 Å². The van der Waals surface area contributed by atoms with Crippen molar-refractivity contribution < 1.29 is 9.59 Å². The molecule has 2 heterocycles. The van der Waals surface area contributed by atoms with Gasteiger partial charge in [-0.15, -0.1) is 5.10 Å². The summed E-state index contributed by atoms with van der Waals surface area (Å²) in [6.07, 6.45) is 11.3. The van der Waals surface area contributed by atoms with Gasteiger partial charge < -0.3 is 10.6 Å². The van der Waals surface area contributed by atoms with E-state index in [-0.39, 0.29) is 36.3 Å². The third kappa shape index (κ3) is 4.37. The number of carbonyl (C=O) groups is 2. The summed E-state index contributed by atoms with van der Waals surface area (Å²) in [6.45, 7) is 1.82. The van der Waals surface area contributed by atoms with Gasteiger partial charge >= 0.3 is 0 Å². The van der Waals surface area contributed by atoms with Gasteiger partial charge in [-0.05, 0) is 50.4 Å². The summed E-state index contributed by atoms with van der Waals surface area (Å²) in [5.74, 6) is 1.24. The smallest absolute Gasteiger partial charge is 0.248 e. The molecule has 28 heavy (non-hydrogen) atoms. The lowest BCUT2D eigenvalue weighted by Crippen LogP contribution is -2.48. The van der Waals surface area contributed by atoms with Crippen LogP contribution < -0.4 is 11.1 Å². The molecule has 2 amide bonds. The zero-order chi connectivity index (χ0) is 19.5. The zero-order valence-corrected chi connectivity index (χ0v) is 16.6. The second-order valence-corrected chi connectivity index (χ2v) is 8.75. The molecule has 1 aromatic heterocycles. The molecule has 2 bridgehead atoms. The van der Waals surface area contributed by atoms with E-state index >= 15 is 0 Å². The SMILES string of the molecule is NC1C2CCCC1CC(C(=O)Nc1ncn(CC(=O)N3CCCCCC3)n1)C2. The number of hydrogen-bond donors (Lipinski definition) is 2. The molecule has 8 nitrogen and oxygen atoms in total. The topological polar surface area (TPSA) is 106 Å². The van der Waals surface area contributed by atoms with Crippen LogP contribution in [0.4, 0.5) is 5.95 Å². The van der Waals surface area contributed by atoms with Gasteiger partial charge in [0.25, 0.3) is 0 Å². The predicted octanol–water partition coefficient (Wildman–Crippen LogP) is 1.77. The van der Waals surface area contributed by atoms with Crippen molar-refractivity contribution in [3.05, 3.63) is 6.33 Å². The number of aromatic nitrogens is 3. The van der Waals surface area contributed by atoms with Crippen LogP contribution in [0.2, 0.25) is 0 Å². The summed E-state index contributed by atoms with van der Waals surface area (Å²) in [7, 11) is 0. The van der Waals surface area contributed by atoms with Gasteiger partial charge in [-0.1, -0.05) is 19.3 Å². The number of carbonyl (C=O) groups excluding carboxylic acids is 2. The lowest BCUT2D eigenvalue weighted by Gasteiger charge is -2.43. The van der Waals surface area contributed by atoms with E-state index in [1.54, 1.807) is 0 Å². The van der Waals surface area contributed by atoms with Crippen LogP contribution in [0, 0.1) is 17.8 Å². The van der Waals surface area contributed by atoms with Gasteiger partial charge in [-0.3, -0.25) is 14.9 Å². The Morgan fingerprint density at radius 2 is 1.75 bits per heavy atom. The average molecular weight is 389 g/mol. The predicted molar refractivity (Wildman–Crippen MR) is 105 cm³/mol. The van der Waals surface area contributed by atoms with Crippen molar-refractivity contribution >= 4 is 17.8 Å². The minimum Gasteiger partial charge on any atom is -0.341 e. The van der Waals surface area contributed by atoms with E-state index in [0.29, 0.717) is 11.8 Å². The first-order valence-corrected chi connectivity index (χ1v) is 10.8. The van der Waals surface area contributed by atoms with Crippen molar-refractivity contribution in [3.63, 3.8) is 0 Å². The molecular weight excluding hydrogens is 356 g/mol. The van der Waals surface area contributed by atoms with Crippen molar-refractivity contribution in [3.8, 4) is 0 Å². The van der Waals surface area contributed by atoms with Crippen LogP contribution in [-0.2, 0) is 16.1 Å². The molecule has 8 heteroatoms. The summed E-state index contributed by atoms with van der Waals surface area (Å²) in [5, 5.41) is 7.14. The van der Waals surface area contributed by atoms with Crippen LogP contribution in [0.25, 0.3) is 0 Å². The Balaban J connectivity index is 1.30. The number of nitrogens with two attached hydrogens (primary N) is 1. The van der Waals surface area contributed by atoms with Crippen LogP contribution >= 0.6 is 0 Å². The molecule has 3 N–H and O–H groups in total. The Kier molecular flexibility index (Phi) is 5.94. The summed E-state index contributed by atoms with van der Waals surface area (Å²) in [5.41, 5.74) is 6.32. The molecular formula is C20H32N6O2. The molecule has 154 valence electrons. The minimum absolute atomic E-state index is 0.0132. The molecule has 0 spiro atoms. The van der Waals surface area contributed by atoms with E-state index < -0.39 is 0 Å². The van der Waals surface area contributed by atoms with Gasteiger partial charge in [0.15, 0.2) is 0 Å². The number of rotatable bonds is 4. The zero-order valence-electron chi connectivity index (χ0n) is 16.6. The molecule has 2 aliphatic carbocycles. The monoisotopic (exact) mass is 388 g/mol. The molecule has 4 rings (SSSR count). The Morgan fingerprint density at radius 1 is 1.07 bits per heavy atom. The van der Waals surface area contributed by atoms with Crippen molar-refractivity contribution in [2.75, 3.05) is 18.4 Å². The van der Waals surface area contributed by atoms with E-state index in [2.05, 4.69) is 15.4 Å². The highest BCUT2D eigenvalue weighted by molar-refractivity contribution is 5.91. The second-order valence-electron chi connectivity index (χ2n) is 8.75. The van der Waals surface area contributed by atoms with Crippen LogP contribution in [-0.4, -0.2) is 50.6 Å². The lowest BCUT2D eigenvalue weighted by atomic mass is 9.65. The van der Waals surface area contributed by atoms with E-state index in [4.69, 9.17) is 5.73 Å². The summed E-state index contributed by atoms with van der Waals surface area (Å²) in [6, 6.07) is 0.250. The Morgan fingerprint density at radius 3 is 2.43 bits per heavy atom. The largest absolute Gasteiger partial charge is 0.341 e. The normalized spacial score (nSPS) is 30.5. The number of amides is 2. The Hall–Kier alpha value is -1.96. The van der Waals surface area contributed by atoms with Crippen molar-refractivity contribution in [1.82, 2.24) is 19.7 Å². The van der Waals surface area contributed by atoms with Crippen LogP contribution in [0.15, 0.2) is 6.33 Å². The molecule has 3 aliphatic rings. The Labute approximate surface area is 166 Å². The van der Waals surface area contributed by atoms with Gasteiger partial charge in [-0.25, -0.2) is 9.67 Å². The fourth-order valence-electron chi connectivity index (χ4n) is 5.20. The van der Waals surface area contributed by atoms with E-state index in [0.717, 1.165) is 51.6 Å². The third-order valence-electron chi connectivity index (χ3n) is 6.81. The van der Waals surface area contributed by atoms with Gasteiger partial charge in [0.2, 0.25) is 17.8 Å². The van der Waals surface area contributed by atoms with Gasteiger partial charge in [0, 0.05) is 25.0 Å². The fraction of sp³-hybridized carbons (Fsp3) is 0.800. The van der Waals surface area contributed by atoms with E-state index in [9.17, 15) is 9.59 Å². The molecule has 0 radical (unpaired) electrons. The molecule has 1 saturated heterocycles.